The molecule has 0 aliphatic heterocycles. The van der Waals surface area contributed by atoms with E-state index in [-0.39, 0.29) is 0 Å². The highest BCUT2D eigenvalue weighted by Crippen LogP contribution is 2.29. The molecule has 1 heterocycles. The van der Waals surface area contributed by atoms with Crippen LogP contribution in [0.5, 0.6) is 23.0 Å². The maximum Gasteiger partial charge on any atom is 0.308 e. The van der Waals surface area contributed by atoms with Gasteiger partial charge in [0, 0.05) is 24.5 Å². The maximum atomic E-state index is 11.3. The molecule has 3 aromatic carbocycles. The van der Waals surface area contributed by atoms with Gasteiger partial charge in [-0.05, 0) is 65.7 Å². The third-order valence-corrected chi connectivity index (χ3v) is 5.66. The van der Waals surface area contributed by atoms with Crippen molar-refractivity contribution in [3.63, 3.8) is 0 Å². The Morgan fingerprint density at radius 2 is 1.61 bits per heavy atom. The van der Waals surface area contributed by atoms with Crippen molar-refractivity contribution < 1.29 is 23.7 Å². The highest BCUT2D eigenvalue weighted by Gasteiger charge is 2.13. The Morgan fingerprint density at radius 3 is 2.32 bits per heavy atom. The van der Waals surface area contributed by atoms with Crippen LogP contribution < -0.4 is 24.4 Å². The van der Waals surface area contributed by atoms with Crippen LogP contribution in [-0.2, 0) is 11.2 Å². The molecule has 0 aliphatic carbocycles. The molecule has 0 fully saturated rings. The second kappa shape index (κ2) is 12.4. The Bertz CT molecular complexity index is 1440. The fourth-order valence-corrected chi connectivity index (χ4v) is 3.79. The predicted octanol–water partition coefficient (Wildman–Crippen LogP) is 5.13. The lowest BCUT2D eigenvalue weighted by Gasteiger charge is -2.12. The van der Waals surface area contributed by atoms with Crippen LogP contribution in [0.3, 0.4) is 0 Å². The molecule has 0 unspecified atom stereocenters. The first-order valence-electron chi connectivity index (χ1n) is 11.8. The summed E-state index contributed by atoms with van der Waals surface area (Å²) in [6, 6.07) is 22.6. The number of benzene rings is 3. The Labute approximate surface area is 221 Å². The predicted molar refractivity (Wildman–Crippen MR) is 145 cm³/mol. The van der Waals surface area contributed by atoms with Gasteiger partial charge in [0.05, 0.1) is 33.2 Å². The van der Waals surface area contributed by atoms with E-state index in [1.807, 2.05) is 54.6 Å². The maximum absolute atomic E-state index is 11.3. The average molecular weight is 513 g/mol. The lowest BCUT2D eigenvalue weighted by molar-refractivity contribution is -0.132. The van der Waals surface area contributed by atoms with Gasteiger partial charge in [-0.15, -0.1) is 10.2 Å². The van der Waals surface area contributed by atoms with Gasteiger partial charge in [0.2, 0.25) is 0 Å². The molecule has 0 saturated heterocycles. The number of nitrogens with one attached hydrogen (secondary N) is 1. The van der Waals surface area contributed by atoms with Crippen molar-refractivity contribution in [3.05, 3.63) is 89.5 Å². The lowest BCUT2D eigenvalue weighted by Crippen LogP contribution is -2.04. The molecule has 4 rings (SSSR count). The largest absolute Gasteiger partial charge is 0.497 e. The number of hydrogen-bond donors (Lipinski definition) is 1. The van der Waals surface area contributed by atoms with Crippen LogP contribution in [0.25, 0.3) is 11.3 Å². The van der Waals surface area contributed by atoms with Gasteiger partial charge in [0.15, 0.2) is 17.3 Å². The first-order valence-corrected chi connectivity index (χ1v) is 11.8. The molecule has 194 valence electrons. The minimum atomic E-state index is -0.425. The van der Waals surface area contributed by atoms with Crippen molar-refractivity contribution in [2.75, 3.05) is 26.8 Å². The number of hydrogen-bond acceptors (Lipinski definition) is 9. The Hall–Kier alpha value is -4.92. The lowest BCUT2D eigenvalue weighted by atomic mass is 10.0. The molecule has 9 nitrogen and oxygen atoms in total. The van der Waals surface area contributed by atoms with Crippen LogP contribution in [0.4, 0.5) is 5.82 Å². The summed E-state index contributed by atoms with van der Waals surface area (Å²) in [6.45, 7) is 1.34. The second-order valence-corrected chi connectivity index (χ2v) is 8.19. The number of carbonyl (C=O) groups is 1. The van der Waals surface area contributed by atoms with Crippen LogP contribution in [0.1, 0.15) is 23.6 Å². The second-order valence-electron chi connectivity index (χ2n) is 8.19. The third-order valence-electron chi connectivity index (χ3n) is 5.66. The van der Waals surface area contributed by atoms with Gasteiger partial charge in [-0.3, -0.25) is 10.2 Å². The number of anilines is 1. The van der Waals surface area contributed by atoms with Crippen molar-refractivity contribution >= 4 is 18.0 Å². The van der Waals surface area contributed by atoms with E-state index < -0.39 is 5.97 Å². The molecule has 1 aromatic heterocycles. The van der Waals surface area contributed by atoms with E-state index >= 15 is 0 Å². The Balaban J connectivity index is 1.63. The molecule has 0 spiro atoms. The van der Waals surface area contributed by atoms with E-state index in [0.717, 1.165) is 39.4 Å². The van der Waals surface area contributed by atoms with Gasteiger partial charge in [-0.2, -0.15) is 5.10 Å². The highest BCUT2D eigenvalue weighted by atomic mass is 16.6. The zero-order chi connectivity index (χ0) is 26.9. The van der Waals surface area contributed by atoms with Gasteiger partial charge < -0.3 is 18.9 Å². The molecule has 38 heavy (non-hydrogen) atoms. The number of hydrazone groups is 1. The van der Waals surface area contributed by atoms with Crippen molar-refractivity contribution in [3.8, 4) is 34.3 Å². The normalized spacial score (nSPS) is 10.7. The van der Waals surface area contributed by atoms with E-state index in [1.165, 1.54) is 14.0 Å². The summed E-state index contributed by atoms with van der Waals surface area (Å²) in [4.78, 5) is 11.3. The SMILES string of the molecule is COc1ccc(-c2cc(Cc3ccccc3OC)c(N/N=C/c3ccc(OC(C)=O)c(OC)c3)nn2)cc1. The molecule has 4 aromatic rings. The molecule has 0 atom stereocenters. The summed E-state index contributed by atoms with van der Waals surface area (Å²) < 4.78 is 21.3. The molecule has 0 saturated carbocycles. The molecule has 0 aliphatic rings. The number of methoxy groups -OCH3 is 3. The zero-order valence-electron chi connectivity index (χ0n) is 21.6. The van der Waals surface area contributed by atoms with E-state index in [1.54, 1.807) is 38.6 Å². The number of esters is 1. The molecule has 0 bridgehead atoms. The van der Waals surface area contributed by atoms with Gasteiger partial charge in [-0.1, -0.05) is 18.2 Å². The van der Waals surface area contributed by atoms with Crippen molar-refractivity contribution in [1.82, 2.24) is 10.2 Å². The molecular weight excluding hydrogens is 484 g/mol. The van der Waals surface area contributed by atoms with E-state index in [2.05, 4.69) is 20.7 Å². The highest BCUT2D eigenvalue weighted by molar-refractivity contribution is 5.82. The van der Waals surface area contributed by atoms with E-state index in [0.29, 0.717) is 23.7 Å². The Kier molecular flexibility index (Phi) is 8.50. The molecule has 9 heteroatoms. The van der Waals surface area contributed by atoms with Crippen LogP contribution in [0.2, 0.25) is 0 Å². The van der Waals surface area contributed by atoms with Crippen LogP contribution in [0.15, 0.2) is 77.9 Å². The van der Waals surface area contributed by atoms with Crippen molar-refractivity contribution in [2.24, 2.45) is 5.10 Å². The van der Waals surface area contributed by atoms with Gasteiger partial charge >= 0.3 is 5.97 Å². The summed E-state index contributed by atoms with van der Waals surface area (Å²) in [5.74, 6) is 2.39. The van der Waals surface area contributed by atoms with Crippen LogP contribution in [0, 0.1) is 0 Å². The van der Waals surface area contributed by atoms with Crippen LogP contribution >= 0.6 is 0 Å². The Morgan fingerprint density at radius 1 is 0.842 bits per heavy atom. The van der Waals surface area contributed by atoms with Crippen LogP contribution in [-0.4, -0.2) is 43.7 Å². The standard InChI is InChI=1S/C29H28N4O5/c1-19(34)38-27-14-9-20(15-28(27)37-4)18-30-32-29-23(16-22-7-5-6-8-26(22)36-3)17-25(31-33-29)21-10-12-24(35-2)13-11-21/h5-15,17-18H,16H2,1-4H3,(H,32,33)/b30-18+. The third kappa shape index (κ3) is 6.44. The summed E-state index contributed by atoms with van der Waals surface area (Å²) >= 11 is 0. The first-order chi connectivity index (χ1) is 18.5. The fraction of sp³-hybridized carbons (Fsp3) is 0.172. The summed E-state index contributed by atoms with van der Waals surface area (Å²) in [6.07, 6.45) is 2.16. The number of ether oxygens (including phenoxy) is 4. The zero-order valence-corrected chi connectivity index (χ0v) is 21.6. The topological polar surface area (TPSA) is 104 Å². The number of carbonyl (C=O) groups excluding carboxylic acids is 1. The fourth-order valence-electron chi connectivity index (χ4n) is 3.79. The van der Waals surface area contributed by atoms with E-state index in [4.69, 9.17) is 18.9 Å². The van der Waals surface area contributed by atoms with Crippen molar-refractivity contribution in [2.45, 2.75) is 13.3 Å². The number of nitrogens with zero attached hydrogens (tertiary/aromatic N) is 3. The molecule has 0 amide bonds. The van der Waals surface area contributed by atoms with Crippen molar-refractivity contribution in [1.29, 1.82) is 0 Å². The molecule has 0 radical (unpaired) electrons. The van der Waals surface area contributed by atoms with E-state index in [9.17, 15) is 4.79 Å². The first kappa shape index (κ1) is 26.2. The monoisotopic (exact) mass is 512 g/mol. The summed E-state index contributed by atoms with van der Waals surface area (Å²) in [7, 11) is 4.79. The average Bonchev–Trinajstić information content (AvgIpc) is 2.94. The molecular formula is C29H28N4O5. The number of rotatable bonds is 10. The number of para-hydroxylation sites is 1. The minimum Gasteiger partial charge on any atom is -0.497 e. The summed E-state index contributed by atoms with van der Waals surface area (Å²) in [5.41, 5.74) is 7.26. The quantitative estimate of drug-likeness (QED) is 0.135. The molecule has 1 N–H and O–H groups in total. The van der Waals surface area contributed by atoms with Gasteiger partial charge in [0.25, 0.3) is 0 Å². The summed E-state index contributed by atoms with van der Waals surface area (Å²) in [5, 5.41) is 13.2. The van der Waals surface area contributed by atoms with Gasteiger partial charge in [-0.25, -0.2) is 0 Å². The number of aromatic nitrogens is 2. The minimum absolute atomic E-state index is 0.337. The smallest absolute Gasteiger partial charge is 0.308 e. The van der Waals surface area contributed by atoms with Gasteiger partial charge in [0.1, 0.15) is 11.5 Å².